The summed E-state index contributed by atoms with van der Waals surface area (Å²) < 4.78 is 5.31. The van der Waals surface area contributed by atoms with Crippen LogP contribution in [0.15, 0.2) is 29.1 Å². The highest BCUT2D eigenvalue weighted by Crippen LogP contribution is 2.21. The second kappa shape index (κ2) is 6.88. The summed E-state index contributed by atoms with van der Waals surface area (Å²) in [4.78, 5) is 24.7. The Balaban J connectivity index is 1.54. The first-order valence-corrected chi connectivity index (χ1v) is 8.95. The molecule has 1 N–H and O–H groups in total. The highest BCUT2D eigenvalue weighted by atomic mass is 16.5. The van der Waals surface area contributed by atoms with Crippen LogP contribution in [0.2, 0.25) is 0 Å². The molecule has 4 rings (SSSR count). The van der Waals surface area contributed by atoms with Gasteiger partial charge in [-0.3, -0.25) is 14.7 Å². The quantitative estimate of drug-likeness (QED) is 0.922. The predicted molar refractivity (Wildman–Crippen MR) is 97.1 cm³/mol. The summed E-state index contributed by atoms with van der Waals surface area (Å²) in [5, 5.41) is 0. The van der Waals surface area contributed by atoms with E-state index in [1.807, 2.05) is 12.1 Å². The Morgan fingerprint density at radius 1 is 1.24 bits per heavy atom. The summed E-state index contributed by atoms with van der Waals surface area (Å²) in [6.07, 6.45) is 3.09. The third kappa shape index (κ3) is 3.39. The minimum absolute atomic E-state index is 0.0351. The van der Waals surface area contributed by atoms with Crippen molar-refractivity contribution >= 4 is 5.95 Å². The van der Waals surface area contributed by atoms with E-state index in [0.717, 1.165) is 62.1 Å². The second-order valence-corrected chi connectivity index (χ2v) is 6.82. The number of hydrogen-bond acceptors (Lipinski definition) is 5. The first kappa shape index (κ1) is 16.1. The number of aromatic nitrogens is 2. The van der Waals surface area contributed by atoms with E-state index in [1.54, 1.807) is 7.11 Å². The average molecular weight is 340 g/mol. The summed E-state index contributed by atoms with van der Waals surface area (Å²) in [5.41, 5.74) is 3.03. The number of anilines is 1. The van der Waals surface area contributed by atoms with Crippen LogP contribution in [0.1, 0.15) is 29.7 Å². The van der Waals surface area contributed by atoms with E-state index >= 15 is 0 Å². The zero-order valence-corrected chi connectivity index (χ0v) is 14.6. The molecule has 6 nitrogen and oxygen atoms in total. The zero-order chi connectivity index (χ0) is 17.2. The largest absolute Gasteiger partial charge is 0.497 e. The minimum Gasteiger partial charge on any atom is -0.497 e. The Labute approximate surface area is 147 Å². The van der Waals surface area contributed by atoms with Gasteiger partial charge >= 0.3 is 0 Å². The van der Waals surface area contributed by atoms with Crippen molar-refractivity contribution in [1.82, 2.24) is 14.9 Å². The normalized spacial score (nSPS) is 17.6. The fraction of sp³-hybridized carbons (Fsp3) is 0.474. The SMILES string of the molecule is COc1cccc(CN2CCc3c(nc(N4CCCC4)[nH]c3=O)C2)c1. The van der Waals surface area contributed by atoms with Crippen LogP contribution in [0.5, 0.6) is 5.75 Å². The number of rotatable bonds is 4. The van der Waals surface area contributed by atoms with Crippen LogP contribution >= 0.6 is 0 Å². The third-order valence-corrected chi connectivity index (χ3v) is 5.09. The van der Waals surface area contributed by atoms with Crippen molar-refractivity contribution in [2.24, 2.45) is 0 Å². The number of ether oxygens (including phenoxy) is 1. The lowest BCUT2D eigenvalue weighted by molar-refractivity contribution is 0.240. The van der Waals surface area contributed by atoms with Crippen molar-refractivity contribution < 1.29 is 4.74 Å². The van der Waals surface area contributed by atoms with Crippen LogP contribution in [-0.4, -0.2) is 41.6 Å². The Hall–Kier alpha value is -2.34. The minimum atomic E-state index is 0.0351. The molecule has 0 spiro atoms. The van der Waals surface area contributed by atoms with Crippen LogP contribution in [0, 0.1) is 0 Å². The maximum Gasteiger partial charge on any atom is 0.255 e. The standard InChI is InChI=1S/C19H24N4O2/c1-25-15-6-4-5-14(11-15)12-22-10-7-16-17(13-22)20-19(21-18(16)24)23-8-2-3-9-23/h4-6,11H,2-3,7-10,12-13H2,1H3,(H,20,21,24). The molecule has 1 saturated heterocycles. The van der Waals surface area contributed by atoms with Gasteiger partial charge < -0.3 is 9.64 Å². The van der Waals surface area contributed by atoms with Crippen molar-refractivity contribution in [3.05, 3.63) is 51.4 Å². The zero-order valence-electron chi connectivity index (χ0n) is 14.6. The third-order valence-electron chi connectivity index (χ3n) is 5.09. The maximum atomic E-state index is 12.4. The van der Waals surface area contributed by atoms with Gasteiger partial charge in [-0.15, -0.1) is 0 Å². The van der Waals surface area contributed by atoms with Crippen molar-refractivity contribution in [2.75, 3.05) is 31.6 Å². The number of methoxy groups -OCH3 is 1. The lowest BCUT2D eigenvalue weighted by Gasteiger charge is -2.28. The number of benzene rings is 1. The predicted octanol–water partition coefficient (Wildman–Crippen LogP) is 1.94. The summed E-state index contributed by atoms with van der Waals surface area (Å²) in [7, 11) is 1.69. The van der Waals surface area contributed by atoms with E-state index in [9.17, 15) is 4.79 Å². The van der Waals surface area contributed by atoms with Crippen molar-refractivity contribution in [2.45, 2.75) is 32.4 Å². The molecule has 0 unspecified atom stereocenters. The van der Waals surface area contributed by atoms with E-state index in [-0.39, 0.29) is 5.56 Å². The molecule has 25 heavy (non-hydrogen) atoms. The summed E-state index contributed by atoms with van der Waals surface area (Å²) in [5.74, 6) is 1.62. The van der Waals surface area contributed by atoms with Gasteiger partial charge in [0.2, 0.25) is 5.95 Å². The fourth-order valence-electron chi connectivity index (χ4n) is 3.72. The number of nitrogens with one attached hydrogen (secondary N) is 1. The molecule has 0 aliphatic carbocycles. The van der Waals surface area contributed by atoms with Crippen molar-refractivity contribution in [3.63, 3.8) is 0 Å². The van der Waals surface area contributed by atoms with E-state index in [4.69, 9.17) is 9.72 Å². The van der Waals surface area contributed by atoms with Gasteiger partial charge in [0.25, 0.3) is 5.56 Å². The molecule has 0 atom stereocenters. The molecular weight excluding hydrogens is 316 g/mol. The van der Waals surface area contributed by atoms with E-state index in [1.165, 1.54) is 18.4 Å². The topological polar surface area (TPSA) is 61.5 Å². The molecule has 0 amide bonds. The second-order valence-electron chi connectivity index (χ2n) is 6.82. The summed E-state index contributed by atoms with van der Waals surface area (Å²) >= 11 is 0. The Bertz CT molecular complexity index is 811. The molecule has 2 aliphatic heterocycles. The maximum absolute atomic E-state index is 12.4. The lowest BCUT2D eigenvalue weighted by Crippen LogP contribution is -2.36. The van der Waals surface area contributed by atoms with E-state index in [0.29, 0.717) is 0 Å². The Morgan fingerprint density at radius 3 is 2.88 bits per heavy atom. The molecule has 6 heteroatoms. The van der Waals surface area contributed by atoms with Gasteiger partial charge in [-0.2, -0.15) is 0 Å². The molecule has 1 aromatic heterocycles. The van der Waals surface area contributed by atoms with Gasteiger partial charge in [-0.1, -0.05) is 12.1 Å². The van der Waals surface area contributed by atoms with Gasteiger partial charge in [-0.05, 0) is 37.0 Å². The van der Waals surface area contributed by atoms with Crippen LogP contribution in [0.3, 0.4) is 0 Å². The Kier molecular flexibility index (Phi) is 4.44. The summed E-state index contributed by atoms with van der Waals surface area (Å²) in [6, 6.07) is 8.15. The molecule has 0 radical (unpaired) electrons. The fourth-order valence-corrected chi connectivity index (χ4v) is 3.72. The van der Waals surface area contributed by atoms with Gasteiger partial charge in [0.05, 0.1) is 12.8 Å². The van der Waals surface area contributed by atoms with Gasteiger partial charge in [0, 0.05) is 38.3 Å². The molecule has 1 aromatic carbocycles. The monoisotopic (exact) mass is 340 g/mol. The number of H-pyrrole nitrogens is 1. The number of hydrogen-bond donors (Lipinski definition) is 1. The Morgan fingerprint density at radius 2 is 2.08 bits per heavy atom. The van der Waals surface area contributed by atoms with Crippen molar-refractivity contribution in [3.8, 4) is 5.75 Å². The van der Waals surface area contributed by atoms with Crippen molar-refractivity contribution in [1.29, 1.82) is 0 Å². The molecular formula is C19H24N4O2. The lowest BCUT2D eigenvalue weighted by atomic mass is 10.1. The highest BCUT2D eigenvalue weighted by molar-refractivity contribution is 5.35. The molecule has 2 aromatic rings. The molecule has 3 heterocycles. The van der Waals surface area contributed by atoms with Crippen LogP contribution in [0.25, 0.3) is 0 Å². The highest BCUT2D eigenvalue weighted by Gasteiger charge is 2.23. The first-order valence-electron chi connectivity index (χ1n) is 8.95. The van der Waals surface area contributed by atoms with Gasteiger partial charge in [0.1, 0.15) is 5.75 Å². The summed E-state index contributed by atoms with van der Waals surface area (Å²) in [6.45, 7) is 4.39. The molecule has 2 aliphatic rings. The van der Waals surface area contributed by atoms with Gasteiger partial charge in [0.15, 0.2) is 0 Å². The number of fused-ring (bicyclic) bond motifs is 1. The first-order chi connectivity index (χ1) is 12.2. The molecule has 0 saturated carbocycles. The van der Waals surface area contributed by atoms with E-state index < -0.39 is 0 Å². The van der Waals surface area contributed by atoms with Crippen LogP contribution in [0.4, 0.5) is 5.95 Å². The number of aromatic amines is 1. The molecule has 132 valence electrons. The molecule has 1 fully saturated rings. The van der Waals surface area contributed by atoms with Gasteiger partial charge in [-0.25, -0.2) is 4.98 Å². The van der Waals surface area contributed by atoms with E-state index in [2.05, 4.69) is 26.9 Å². The average Bonchev–Trinajstić information content (AvgIpc) is 3.16. The van der Waals surface area contributed by atoms with Crippen LogP contribution < -0.4 is 15.2 Å². The van der Waals surface area contributed by atoms with Crippen LogP contribution in [-0.2, 0) is 19.5 Å². The number of nitrogens with zero attached hydrogens (tertiary/aromatic N) is 3. The smallest absolute Gasteiger partial charge is 0.255 e. The molecule has 0 bridgehead atoms.